The van der Waals surface area contributed by atoms with Gasteiger partial charge in [-0.1, -0.05) is 31.5 Å². The summed E-state index contributed by atoms with van der Waals surface area (Å²) in [4.78, 5) is 0. The van der Waals surface area contributed by atoms with E-state index in [1.54, 1.807) is 7.11 Å². The number of hydrogen-bond donors (Lipinski definition) is 1. The fraction of sp³-hybridized carbons (Fsp3) is 0.667. The van der Waals surface area contributed by atoms with Gasteiger partial charge in [-0.2, -0.15) is 0 Å². The van der Waals surface area contributed by atoms with Crippen LogP contribution in [0.2, 0.25) is 0 Å². The quantitative estimate of drug-likeness (QED) is 0.903. The minimum atomic E-state index is 0.343. The zero-order valence-corrected chi connectivity index (χ0v) is 13.4. The van der Waals surface area contributed by atoms with E-state index in [2.05, 4.69) is 39.0 Å². The lowest BCUT2D eigenvalue weighted by atomic mass is 9.72. The summed E-state index contributed by atoms with van der Waals surface area (Å²) in [5.74, 6) is 3.20. The van der Waals surface area contributed by atoms with E-state index in [0.29, 0.717) is 12.0 Å². The van der Waals surface area contributed by atoms with Gasteiger partial charge in [0.15, 0.2) is 0 Å². The molecule has 1 aliphatic rings. The smallest absolute Gasteiger partial charge is 0.122 e. The molecule has 20 heavy (non-hydrogen) atoms. The van der Waals surface area contributed by atoms with Gasteiger partial charge in [-0.15, -0.1) is 0 Å². The van der Waals surface area contributed by atoms with Crippen LogP contribution in [0.3, 0.4) is 0 Å². The molecule has 2 N–H and O–H groups in total. The second kappa shape index (κ2) is 6.62. The second-order valence-electron chi connectivity index (χ2n) is 6.76. The van der Waals surface area contributed by atoms with Crippen molar-refractivity contribution < 1.29 is 4.74 Å². The molecule has 2 nitrogen and oxygen atoms in total. The van der Waals surface area contributed by atoms with Crippen molar-refractivity contribution in [2.45, 2.75) is 52.5 Å². The van der Waals surface area contributed by atoms with E-state index in [4.69, 9.17) is 10.5 Å². The van der Waals surface area contributed by atoms with Gasteiger partial charge in [0.05, 0.1) is 7.11 Å². The van der Waals surface area contributed by atoms with Crippen LogP contribution >= 0.6 is 0 Å². The van der Waals surface area contributed by atoms with Gasteiger partial charge < -0.3 is 10.5 Å². The Bertz CT molecular complexity index is 441. The molecule has 0 radical (unpaired) electrons. The third-order valence-electron chi connectivity index (χ3n) is 4.94. The Morgan fingerprint density at radius 2 is 2.05 bits per heavy atom. The number of rotatable bonds is 4. The molecule has 0 aliphatic heterocycles. The summed E-state index contributed by atoms with van der Waals surface area (Å²) < 4.78 is 5.51. The monoisotopic (exact) mass is 275 g/mol. The lowest BCUT2D eigenvalue weighted by Gasteiger charge is -2.36. The number of hydrogen-bond acceptors (Lipinski definition) is 2. The average Bonchev–Trinajstić information content (AvgIpc) is 2.41. The highest BCUT2D eigenvalue weighted by Crippen LogP contribution is 2.36. The van der Waals surface area contributed by atoms with E-state index in [1.807, 2.05) is 0 Å². The fourth-order valence-electron chi connectivity index (χ4n) is 3.51. The van der Waals surface area contributed by atoms with Crippen LogP contribution in [0.5, 0.6) is 5.75 Å². The van der Waals surface area contributed by atoms with Crippen LogP contribution in [0.4, 0.5) is 0 Å². The van der Waals surface area contributed by atoms with Crippen LogP contribution in [-0.4, -0.2) is 13.2 Å². The maximum absolute atomic E-state index is 6.38. The SMILES string of the molecule is COc1ccc(C)cc1CC1CC(C(C)C)CCC1N. The standard InChI is InChI=1S/C18H29NO/c1-12(2)14-6-7-17(19)15(10-14)11-16-9-13(3)5-8-18(16)20-4/h5,8-9,12,14-15,17H,6-7,10-11,19H2,1-4H3. The number of benzene rings is 1. The summed E-state index contributed by atoms with van der Waals surface area (Å²) in [6.45, 7) is 6.82. The van der Waals surface area contributed by atoms with Crippen molar-refractivity contribution in [1.29, 1.82) is 0 Å². The van der Waals surface area contributed by atoms with Crippen molar-refractivity contribution in [1.82, 2.24) is 0 Å². The van der Waals surface area contributed by atoms with E-state index in [0.717, 1.165) is 24.0 Å². The number of aryl methyl sites for hydroxylation is 1. The fourth-order valence-corrected chi connectivity index (χ4v) is 3.51. The van der Waals surface area contributed by atoms with E-state index < -0.39 is 0 Å². The van der Waals surface area contributed by atoms with Crippen molar-refractivity contribution >= 4 is 0 Å². The van der Waals surface area contributed by atoms with Crippen molar-refractivity contribution in [3.8, 4) is 5.75 Å². The minimum absolute atomic E-state index is 0.343. The highest BCUT2D eigenvalue weighted by molar-refractivity contribution is 5.37. The summed E-state index contributed by atoms with van der Waals surface area (Å²) >= 11 is 0. The summed E-state index contributed by atoms with van der Waals surface area (Å²) in [6.07, 6.45) is 4.77. The Kier molecular flexibility index (Phi) is 5.09. The molecule has 0 spiro atoms. The molecule has 0 heterocycles. The van der Waals surface area contributed by atoms with Gasteiger partial charge in [0.1, 0.15) is 5.75 Å². The molecule has 2 heteroatoms. The highest BCUT2D eigenvalue weighted by atomic mass is 16.5. The van der Waals surface area contributed by atoms with Gasteiger partial charge in [-0.3, -0.25) is 0 Å². The summed E-state index contributed by atoms with van der Waals surface area (Å²) in [5, 5.41) is 0. The van der Waals surface area contributed by atoms with E-state index >= 15 is 0 Å². The van der Waals surface area contributed by atoms with Gasteiger partial charge in [0, 0.05) is 6.04 Å². The Morgan fingerprint density at radius 3 is 2.70 bits per heavy atom. The van der Waals surface area contributed by atoms with Crippen molar-refractivity contribution in [3.05, 3.63) is 29.3 Å². The molecule has 1 aromatic rings. The maximum Gasteiger partial charge on any atom is 0.122 e. The zero-order valence-electron chi connectivity index (χ0n) is 13.4. The lowest BCUT2D eigenvalue weighted by molar-refractivity contribution is 0.188. The third-order valence-corrected chi connectivity index (χ3v) is 4.94. The predicted molar refractivity (Wildman–Crippen MR) is 85.1 cm³/mol. The normalized spacial score (nSPS) is 26.8. The largest absolute Gasteiger partial charge is 0.496 e. The topological polar surface area (TPSA) is 35.2 Å². The third kappa shape index (κ3) is 3.54. The first kappa shape index (κ1) is 15.4. The van der Waals surface area contributed by atoms with E-state index in [9.17, 15) is 0 Å². The first-order valence-corrected chi connectivity index (χ1v) is 7.90. The molecule has 2 rings (SSSR count). The molecule has 1 aliphatic carbocycles. The Hall–Kier alpha value is -1.02. The Labute approximate surface area is 123 Å². The molecule has 0 bridgehead atoms. The molecule has 1 fully saturated rings. The van der Waals surface area contributed by atoms with Gasteiger partial charge >= 0.3 is 0 Å². The Morgan fingerprint density at radius 1 is 1.30 bits per heavy atom. The molecular weight excluding hydrogens is 246 g/mol. The summed E-state index contributed by atoms with van der Waals surface area (Å²) in [5.41, 5.74) is 8.99. The van der Waals surface area contributed by atoms with Crippen LogP contribution in [-0.2, 0) is 6.42 Å². The molecule has 0 saturated heterocycles. The van der Waals surface area contributed by atoms with Crippen LogP contribution in [0, 0.1) is 24.7 Å². The average molecular weight is 275 g/mol. The van der Waals surface area contributed by atoms with Gasteiger partial charge in [0.25, 0.3) is 0 Å². The van der Waals surface area contributed by atoms with Crippen LogP contribution in [0.1, 0.15) is 44.2 Å². The van der Waals surface area contributed by atoms with Gasteiger partial charge in [-0.25, -0.2) is 0 Å². The molecule has 3 unspecified atom stereocenters. The molecular formula is C18H29NO. The summed E-state index contributed by atoms with van der Waals surface area (Å²) in [6, 6.07) is 6.79. The molecule has 112 valence electrons. The Balaban J connectivity index is 2.13. The minimum Gasteiger partial charge on any atom is -0.496 e. The molecule has 0 amide bonds. The molecule has 3 atom stereocenters. The number of methoxy groups -OCH3 is 1. The molecule has 1 saturated carbocycles. The maximum atomic E-state index is 6.38. The highest BCUT2D eigenvalue weighted by Gasteiger charge is 2.30. The van der Waals surface area contributed by atoms with Crippen LogP contribution in [0.25, 0.3) is 0 Å². The first-order valence-electron chi connectivity index (χ1n) is 7.90. The molecule has 1 aromatic carbocycles. The second-order valence-corrected chi connectivity index (χ2v) is 6.76. The van der Waals surface area contributed by atoms with Crippen molar-refractivity contribution in [2.75, 3.05) is 7.11 Å². The summed E-state index contributed by atoms with van der Waals surface area (Å²) in [7, 11) is 1.76. The predicted octanol–water partition coefficient (Wildman–Crippen LogP) is 3.95. The van der Waals surface area contributed by atoms with E-state index in [1.165, 1.54) is 30.4 Å². The first-order chi connectivity index (χ1) is 9.51. The van der Waals surface area contributed by atoms with Crippen molar-refractivity contribution in [2.24, 2.45) is 23.5 Å². The zero-order chi connectivity index (χ0) is 14.7. The van der Waals surface area contributed by atoms with Crippen LogP contribution < -0.4 is 10.5 Å². The van der Waals surface area contributed by atoms with E-state index in [-0.39, 0.29) is 0 Å². The van der Waals surface area contributed by atoms with Crippen molar-refractivity contribution in [3.63, 3.8) is 0 Å². The molecule has 0 aromatic heterocycles. The lowest BCUT2D eigenvalue weighted by Crippen LogP contribution is -2.38. The number of nitrogens with two attached hydrogens (primary N) is 1. The van der Waals surface area contributed by atoms with Gasteiger partial charge in [-0.05, 0) is 62.0 Å². The van der Waals surface area contributed by atoms with Crippen LogP contribution in [0.15, 0.2) is 18.2 Å². The van der Waals surface area contributed by atoms with Gasteiger partial charge in [0.2, 0.25) is 0 Å². The number of ether oxygens (including phenoxy) is 1.